The van der Waals surface area contributed by atoms with Crippen molar-refractivity contribution < 1.29 is 13.9 Å². The van der Waals surface area contributed by atoms with Gasteiger partial charge in [-0.05, 0) is 42.0 Å². The highest BCUT2D eigenvalue weighted by Gasteiger charge is 2.23. The number of furan rings is 1. The minimum absolute atomic E-state index is 0.179. The largest absolute Gasteiger partial charge is 0.463 e. The highest BCUT2D eigenvalue weighted by Crippen LogP contribution is 2.26. The second-order valence-electron chi connectivity index (χ2n) is 6.99. The van der Waals surface area contributed by atoms with E-state index in [2.05, 4.69) is 5.10 Å². The Bertz CT molecular complexity index is 1120. The van der Waals surface area contributed by atoms with Crippen LogP contribution in [0, 0.1) is 0 Å². The Hall–Kier alpha value is -3.35. The maximum absolute atomic E-state index is 13.4. The number of carbonyl (C=O) groups is 1. The normalized spacial score (nSPS) is 10.9. The molecule has 0 fully saturated rings. The van der Waals surface area contributed by atoms with E-state index in [-0.39, 0.29) is 5.91 Å². The predicted octanol–water partition coefficient (Wildman–Crippen LogP) is 5.07. The summed E-state index contributed by atoms with van der Waals surface area (Å²) < 4.78 is 12.5. The SMILES string of the molecule is COCCN(Cc1ccccc1)C(=O)c1cc(-c2ccco2)n(-c2ccc(Cl)cc2)n1. The van der Waals surface area contributed by atoms with Gasteiger partial charge in [0.2, 0.25) is 0 Å². The Balaban J connectivity index is 1.70. The van der Waals surface area contributed by atoms with Crippen molar-refractivity contribution in [2.75, 3.05) is 20.3 Å². The van der Waals surface area contributed by atoms with Crippen LogP contribution in [-0.2, 0) is 11.3 Å². The quantitative estimate of drug-likeness (QED) is 0.387. The van der Waals surface area contributed by atoms with Crippen LogP contribution < -0.4 is 0 Å². The predicted molar refractivity (Wildman–Crippen MR) is 119 cm³/mol. The molecular formula is C24H22ClN3O3. The van der Waals surface area contributed by atoms with Gasteiger partial charge in [0, 0.05) is 31.3 Å². The maximum Gasteiger partial charge on any atom is 0.274 e. The van der Waals surface area contributed by atoms with Crippen molar-refractivity contribution in [3.05, 3.63) is 95.3 Å². The molecule has 0 radical (unpaired) electrons. The van der Waals surface area contributed by atoms with Crippen molar-refractivity contribution in [2.45, 2.75) is 6.54 Å². The molecule has 4 aromatic rings. The average Bonchev–Trinajstić information content (AvgIpc) is 3.47. The van der Waals surface area contributed by atoms with Gasteiger partial charge in [-0.25, -0.2) is 4.68 Å². The summed E-state index contributed by atoms with van der Waals surface area (Å²) in [7, 11) is 1.62. The number of hydrogen-bond donors (Lipinski definition) is 0. The summed E-state index contributed by atoms with van der Waals surface area (Å²) in [5, 5.41) is 5.24. The third-order valence-corrected chi connectivity index (χ3v) is 5.09. The highest BCUT2D eigenvalue weighted by molar-refractivity contribution is 6.30. The van der Waals surface area contributed by atoms with Crippen LogP contribution >= 0.6 is 11.6 Å². The molecule has 2 aromatic heterocycles. The van der Waals surface area contributed by atoms with Gasteiger partial charge in [0.1, 0.15) is 5.69 Å². The molecule has 6 nitrogen and oxygen atoms in total. The van der Waals surface area contributed by atoms with Gasteiger partial charge in [0.15, 0.2) is 11.5 Å². The third-order valence-electron chi connectivity index (χ3n) is 4.84. The van der Waals surface area contributed by atoms with Gasteiger partial charge in [-0.1, -0.05) is 41.9 Å². The molecule has 0 bridgehead atoms. The number of rotatable bonds is 8. The van der Waals surface area contributed by atoms with Gasteiger partial charge in [0.05, 0.1) is 18.6 Å². The van der Waals surface area contributed by atoms with Gasteiger partial charge >= 0.3 is 0 Å². The summed E-state index contributed by atoms with van der Waals surface area (Å²) in [5.41, 5.74) is 2.83. The molecule has 0 aliphatic rings. The standard InChI is InChI=1S/C24H22ClN3O3/c1-30-15-13-27(17-18-6-3-2-4-7-18)24(29)21-16-22(23-8-5-14-31-23)28(26-21)20-11-9-19(25)10-12-20/h2-12,14,16H,13,15,17H2,1H3. The topological polar surface area (TPSA) is 60.5 Å². The molecule has 0 aliphatic carbocycles. The fourth-order valence-electron chi connectivity index (χ4n) is 3.28. The number of nitrogens with zero attached hydrogens (tertiary/aromatic N) is 3. The summed E-state index contributed by atoms with van der Waals surface area (Å²) >= 11 is 6.04. The van der Waals surface area contributed by atoms with Gasteiger partial charge in [-0.2, -0.15) is 5.10 Å². The van der Waals surface area contributed by atoms with Crippen LogP contribution in [0.3, 0.4) is 0 Å². The van der Waals surface area contributed by atoms with E-state index in [1.807, 2.05) is 48.5 Å². The molecule has 31 heavy (non-hydrogen) atoms. The Morgan fingerprint density at radius 2 is 1.87 bits per heavy atom. The van der Waals surface area contributed by atoms with Gasteiger partial charge in [0.25, 0.3) is 5.91 Å². The molecule has 0 unspecified atom stereocenters. The molecule has 0 atom stereocenters. The molecule has 0 saturated carbocycles. The van der Waals surface area contributed by atoms with Crippen molar-refractivity contribution in [3.63, 3.8) is 0 Å². The van der Waals surface area contributed by atoms with E-state index in [0.29, 0.717) is 41.9 Å². The Kier molecular flexibility index (Phi) is 6.50. The molecule has 0 saturated heterocycles. The molecule has 2 aromatic carbocycles. The lowest BCUT2D eigenvalue weighted by Gasteiger charge is -2.21. The van der Waals surface area contributed by atoms with Crippen LogP contribution in [0.5, 0.6) is 0 Å². The highest BCUT2D eigenvalue weighted by atomic mass is 35.5. The Morgan fingerprint density at radius 1 is 1.10 bits per heavy atom. The van der Waals surface area contributed by atoms with E-state index in [9.17, 15) is 4.79 Å². The van der Waals surface area contributed by atoms with E-state index in [1.165, 1.54) is 0 Å². The van der Waals surface area contributed by atoms with Crippen molar-refractivity contribution in [1.29, 1.82) is 0 Å². The lowest BCUT2D eigenvalue weighted by atomic mass is 10.2. The van der Waals surface area contributed by atoms with Crippen molar-refractivity contribution in [1.82, 2.24) is 14.7 Å². The molecule has 4 rings (SSSR count). The summed E-state index contributed by atoms with van der Waals surface area (Å²) in [6, 6.07) is 22.5. The Labute approximate surface area is 185 Å². The lowest BCUT2D eigenvalue weighted by Crippen LogP contribution is -2.33. The summed E-state index contributed by atoms with van der Waals surface area (Å²) in [6.45, 7) is 1.35. The van der Waals surface area contributed by atoms with Crippen LogP contribution in [0.25, 0.3) is 17.1 Å². The van der Waals surface area contributed by atoms with Crippen molar-refractivity contribution in [3.8, 4) is 17.1 Å². The zero-order valence-electron chi connectivity index (χ0n) is 17.1. The summed E-state index contributed by atoms with van der Waals surface area (Å²) in [6.07, 6.45) is 1.59. The van der Waals surface area contributed by atoms with Crippen LogP contribution in [0.1, 0.15) is 16.1 Å². The smallest absolute Gasteiger partial charge is 0.274 e. The first kappa shape index (κ1) is 20.9. The number of methoxy groups -OCH3 is 1. The minimum Gasteiger partial charge on any atom is -0.463 e. The van der Waals surface area contributed by atoms with Crippen molar-refractivity contribution >= 4 is 17.5 Å². The third kappa shape index (κ3) is 4.87. The second kappa shape index (κ2) is 9.64. The Morgan fingerprint density at radius 3 is 2.55 bits per heavy atom. The average molecular weight is 436 g/mol. The molecule has 0 N–H and O–H groups in total. The number of carbonyl (C=O) groups excluding carboxylic acids is 1. The summed E-state index contributed by atoms with van der Waals surface area (Å²) in [4.78, 5) is 15.2. The first-order valence-corrected chi connectivity index (χ1v) is 10.3. The lowest BCUT2D eigenvalue weighted by molar-refractivity contribution is 0.0674. The van der Waals surface area contributed by atoms with Crippen LogP contribution in [0.15, 0.2) is 83.5 Å². The van der Waals surface area contributed by atoms with E-state index in [0.717, 1.165) is 11.3 Å². The number of aromatic nitrogens is 2. The van der Waals surface area contributed by atoms with E-state index < -0.39 is 0 Å². The molecule has 158 valence electrons. The summed E-state index contributed by atoms with van der Waals surface area (Å²) in [5.74, 6) is 0.439. The molecule has 0 aliphatic heterocycles. The van der Waals surface area contributed by atoms with Gasteiger partial charge in [-0.15, -0.1) is 0 Å². The fourth-order valence-corrected chi connectivity index (χ4v) is 3.41. The number of benzene rings is 2. The number of ether oxygens (including phenoxy) is 1. The first-order chi connectivity index (χ1) is 15.2. The van der Waals surface area contributed by atoms with Crippen LogP contribution in [0.4, 0.5) is 0 Å². The number of halogens is 1. The molecular weight excluding hydrogens is 414 g/mol. The monoisotopic (exact) mass is 435 g/mol. The second-order valence-corrected chi connectivity index (χ2v) is 7.42. The molecule has 0 spiro atoms. The molecule has 1 amide bonds. The minimum atomic E-state index is -0.179. The zero-order valence-corrected chi connectivity index (χ0v) is 17.8. The van der Waals surface area contributed by atoms with Crippen LogP contribution in [0.2, 0.25) is 5.02 Å². The van der Waals surface area contributed by atoms with Gasteiger partial charge in [-0.3, -0.25) is 4.79 Å². The first-order valence-electron chi connectivity index (χ1n) is 9.88. The van der Waals surface area contributed by atoms with E-state index in [4.69, 9.17) is 20.8 Å². The molecule has 7 heteroatoms. The van der Waals surface area contributed by atoms with Crippen LogP contribution in [-0.4, -0.2) is 40.8 Å². The number of hydrogen-bond acceptors (Lipinski definition) is 4. The maximum atomic E-state index is 13.4. The van der Waals surface area contributed by atoms with E-state index >= 15 is 0 Å². The van der Waals surface area contributed by atoms with Gasteiger partial charge < -0.3 is 14.1 Å². The fraction of sp³-hybridized carbons (Fsp3) is 0.167. The molecule has 2 heterocycles. The number of amides is 1. The van der Waals surface area contributed by atoms with E-state index in [1.54, 1.807) is 47.2 Å². The van der Waals surface area contributed by atoms with Crippen molar-refractivity contribution in [2.24, 2.45) is 0 Å². The zero-order chi connectivity index (χ0) is 21.6.